The zero-order valence-corrected chi connectivity index (χ0v) is 32.4. The summed E-state index contributed by atoms with van der Waals surface area (Å²) in [4.78, 5) is 61.9. The van der Waals surface area contributed by atoms with Gasteiger partial charge in [0.05, 0.1) is 41.2 Å². The molecule has 2 aliphatic carbocycles. The molecule has 0 unspecified atom stereocenters. The number of halogens is 1. The number of aromatic hydroxyl groups is 1. The quantitative estimate of drug-likeness (QED) is 0.132. The topological polar surface area (TPSA) is 122 Å². The summed E-state index contributed by atoms with van der Waals surface area (Å²) in [6.07, 6.45) is 2.61. The van der Waals surface area contributed by atoms with E-state index in [9.17, 15) is 19.5 Å². The van der Waals surface area contributed by atoms with Gasteiger partial charge < -0.3 is 9.84 Å². The van der Waals surface area contributed by atoms with E-state index in [1.54, 1.807) is 47.3 Å². The van der Waals surface area contributed by atoms with Crippen LogP contribution in [-0.4, -0.2) is 50.0 Å². The molecule has 2 aromatic heterocycles. The maximum Gasteiger partial charge on any atom is 0.242 e. The Balaban J connectivity index is 1.14. The summed E-state index contributed by atoms with van der Waals surface area (Å²) >= 11 is 7.90. The Bertz CT molecular complexity index is 2490. The number of amides is 4. The number of anilines is 1. The lowest BCUT2D eigenvalue weighted by Crippen LogP contribution is -2.48. The summed E-state index contributed by atoms with van der Waals surface area (Å²) in [7, 11) is 1.73. The number of benzene rings is 3. The van der Waals surface area contributed by atoms with E-state index in [0.717, 1.165) is 31.7 Å². The third-order valence-electron chi connectivity index (χ3n) is 12.4. The lowest BCUT2D eigenvalue weighted by atomic mass is 9.51. The standard InChI is InChI=1S/C43H39ClN4O6S/c1-5-54-33-17-24(11-15-32(33)49)37-26-13-14-27-36(41(52)47(39(27)50)21-23-9-7-6-8-10-23)29(26)19-30-40(51)48(42(53)43(30,37)3)35-20-31(45-46(35)4)38-22(2)28-18-25(44)12-16-34(28)55-38/h6-13,15-18,20,27,29-30,36-37,49H,5,14,19,21H2,1-4H3/t27-,29+,30-,36-,37-,43+/m0/s1. The molecule has 0 bridgehead atoms. The van der Waals surface area contributed by atoms with Crippen LogP contribution in [-0.2, 0) is 32.8 Å². The molecule has 0 radical (unpaired) electrons. The third kappa shape index (κ3) is 5.23. The van der Waals surface area contributed by atoms with Crippen LogP contribution in [0.1, 0.15) is 49.3 Å². The Morgan fingerprint density at radius 2 is 1.76 bits per heavy atom. The Morgan fingerprint density at radius 3 is 2.53 bits per heavy atom. The van der Waals surface area contributed by atoms with Gasteiger partial charge >= 0.3 is 0 Å². The maximum atomic E-state index is 15.2. The molecule has 0 spiro atoms. The first-order chi connectivity index (χ1) is 26.4. The lowest BCUT2D eigenvalue weighted by molar-refractivity contribution is -0.141. The molecule has 55 heavy (non-hydrogen) atoms. The molecule has 2 saturated heterocycles. The highest BCUT2D eigenvalue weighted by Crippen LogP contribution is 2.64. The monoisotopic (exact) mass is 774 g/mol. The van der Waals surface area contributed by atoms with Gasteiger partial charge in [-0.2, -0.15) is 5.10 Å². The molecule has 12 heteroatoms. The van der Waals surface area contributed by atoms with Gasteiger partial charge in [-0.05, 0) is 91.9 Å². The smallest absolute Gasteiger partial charge is 0.242 e. The van der Waals surface area contributed by atoms with Crippen LogP contribution in [0.5, 0.6) is 11.5 Å². The fourth-order valence-electron chi connectivity index (χ4n) is 9.80. The molecule has 4 amide bonds. The van der Waals surface area contributed by atoms with E-state index in [4.69, 9.17) is 21.4 Å². The number of fused-ring (bicyclic) bond motifs is 5. The van der Waals surface area contributed by atoms with Crippen molar-refractivity contribution >= 4 is 62.5 Å². The zero-order chi connectivity index (χ0) is 38.5. The number of phenols is 1. The Labute approximate surface area is 326 Å². The minimum atomic E-state index is -1.27. The van der Waals surface area contributed by atoms with E-state index >= 15 is 4.79 Å². The molecule has 1 saturated carbocycles. The van der Waals surface area contributed by atoms with Crippen LogP contribution in [0.25, 0.3) is 20.7 Å². The fraction of sp³-hybridized carbons (Fsp3) is 0.326. The zero-order valence-electron chi connectivity index (χ0n) is 30.8. The van der Waals surface area contributed by atoms with Crippen molar-refractivity contribution in [2.24, 2.45) is 36.1 Å². The van der Waals surface area contributed by atoms with Crippen LogP contribution < -0.4 is 9.64 Å². The SMILES string of the molecule is CCOc1cc([C@H]2C3=CC[C@@H]4C(=O)N(Cc5ccccc5)C(=O)[C@@H]4[C@@H]3C[C@H]3C(=O)N(c4cc(-c5sc6ccc(Cl)cc6c5C)nn4C)C(=O)[C@@]23C)ccc1O. The molecule has 4 aliphatic rings. The predicted octanol–water partition coefficient (Wildman–Crippen LogP) is 7.80. The molecule has 5 aromatic rings. The molecular weight excluding hydrogens is 736 g/mol. The molecule has 1 N–H and O–H groups in total. The number of aryl methyl sites for hydroxylation is 2. The number of nitrogens with zero attached hydrogens (tertiary/aromatic N) is 4. The lowest BCUT2D eigenvalue weighted by Gasteiger charge is -2.49. The van der Waals surface area contributed by atoms with Gasteiger partial charge in [0.1, 0.15) is 11.5 Å². The number of phenolic OH excluding ortho intramolecular Hbond substituents is 1. The summed E-state index contributed by atoms with van der Waals surface area (Å²) in [6.45, 7) is 6.17. The molecule has 280 valence electrons. The molecule has 10 nitrogen and oxygen atoms in total. The van der Waals surface area contributed by atoms with E-state index in [1.807, 2.05) is 75.4 Å². The van der Waals surface area contributed by atoms with Crippen molar-refractivity contribution in [3.63, 3.8) is 0 Å². The van der Waals surface area contributed by atoms with E-state index in [2.05, 4.69) is 0 Å². The van der Waals surface area contributed by atoms with Gasteiger partial charge in [-0.1, -0.05) is 59.6 Å². The van der Waals surface area contributed by atoms with Crippen molar-refractivity contribution in [3.8, 4) is 22.1 Å². The number of aromatic nitrogens is 2. The summed E-state index contributed by atoms with van der Waals surface area (Å²) in [5.74, 6) is -3.76. The van der Waals surface area contributed by atoms with Crippen molar-refractivity contribution in [2.45, 2.75) is 46.1 Å². The highest BCUT2D eigenvalue weighted by Gasteiger charge is 2.68. The van der Waals surface area contributed by atoms with Gasteiger partial charge in [0, 0.05) is 28.8 Å². The van der Waals surface area contributed by atoms with E-state index in [-0.39, 0.29) is 48.1 Å². The molecule has 2 aliphatic heterocycles. The number of thiophene rings is 1. The first-order valence-electron chi connectivity index (χ1n) is 18.6. The second kappa shape index (κ2) is 12.9. The largest absolute Gasteiger partial charge is 0.504 e. The summed E-state index contributed by atoms with van der Waals surface area (Å²) in [5.41, 5.74) is 2.79. The van der Waals surface area contributed by atoms with Crippen molar-refractivity contribution in [1.82, 2.24) is 14.7 Å². The third-order valence-corrected chi connectivity index (χ3v) is 13.9. The van der Waals surface area contributed by atoms with Crippen molar-refractivity contribution in [3.05, 3.63) is 106 Å². The summed E-state index contributed by atoms with van der Waals surface area (Å²) in [6, 6.07) is 22.1. The van der Waals surface area contributed by atoms with Gasteiger partial charge in [-0.3, -0.25) is 28.8 Å². The van der Waals surface area contributed by atoms with E-state index < -0.39 is 35.0 Å². The number of hydrogen-bond donors (Lipinski definition) is 1. The van der Waals surface area contributed by atoms with Gasteiger partial charge in [-0.25, -0.2) is 4.90 Å². The van der Waals surface area contributed by atoms with Gasteiger partial charge in [-0.15, -0.1) is 11.3 Å². The average molecular weight is 775 g/mol. The van der Waals surface area contributed by atoms with Crippen LogP contribution in [0.15, 0.2) is 84.4 Å². The molecule has 3 fully saturated rings. The highest BCUT2D eigenvalue weighted by atomic mass is 35.5. The summed E-state index contributed by atoms with van der Waals surface area (Å²) in [5, 5.41) is 17.2. The van der Waals surface area contributed by atoms with Crippen LogP contribution in [0, 0.1) is 36.0 Å². The molecular formula is C43H39ClN4O6S. The Hall–Kier alpha value is -5.26. The van der Waals surface area contributed by atoms with Crippen LogP contribution in [0.4, 0.5) is 5.82 Å². The predicted molar refractivity (Wildman–Crippen MR) is 210 cm³/mol. The Kier molecular flexibility index (Phi) is 8.32. The van der Waals surface area contributed by atoms with Crippen LogP contribution >= 0.6 is 22.9 Å². The van der Waals surface area contributed by atoms with Crippen LogP contribution in [0.3, 0.4) is 0 Å². The summed E-state index contributed by atoms with van der Waals surface area (Å²) < 4.78 is 8.43. The Morgan fingerprint density at radius 1 is 0.982 bits per heavy atom. The number of rotatable bonds is 7. The molecule has 4 heterocycles. The first kappa shape index (κ1) is 35.4. The van der Waals surface area contributed by atoms with Crippen LogP contribution in [0.2, 0.25) is 5.02 Å². The number of carbonyl (C=O) groups excluding carboxylic acids is 4. The van der Waals surface area contributed by atoms with Crippen molar-refractivity contribution in [1.29, 1.82) is 0 Å². The number of imide groups is 2. The van der Waals surface area contributed by atoms with Gasteiger partial charge in [0.2, 0.25) is 23.6 Å². The number of carbonyl (C=O) groups is 4. The number of ether oxygens (including phenoxy) is 1. The molecule has 6 atom stereocenters. The van der Waals surface area contributed by atoms with Gasteiger partial charge in [0.25, 0.3) is 0 Å². The maximum absolute atomic E-state index is 15.2. The minimum absolute atomic E-state index is 0.0397. The number of allylic oxidation sites excluding steroid dienone is 2. The van der Waals surface area contributed by atoms with Crippen molar-refractivity contribution < 1.29 is 29.0 Å². The second-order valence-electron chi connectivity index (χ2n) is 15.3. The highest BCUT2D eigenvalue weighted by molar-refractivity contribution is 7.22. The van der Waals surface area contributed by atoms with Crippen molar-refractivity contribution in [2.75, 3.05) is 11.5 Å². The van der Waals surface area contributed by atoms with Gasteiger partial charge in [0.15, 0.2) is 11.5 Å². The number of hydrogen-bond acceptors (Lipinski definition) is 8. The fourth-order valence-corrected chi connectivity index (χ4v) is 11.1. The minimum Gasteiger partial charge on any atom is -0.504 e. The molecule has 9 rings (SSSR count). The average Bonchev–Trinajstić information content (AvgIpc) is 3.84. The first-order valence-corrected chi connectivity index (χ1v) is 19.8. The number of likely N-dealkylation sites (tertiary alicyclic amines) is 1. The normalized spacial score (nSPS) is 26.1. The molecule has 3 aromatic carbocycles. The van der Waals surface area contributed by atoms with E-state index in [1.165, 1.54) is 9.80 Å². The second-order valence-corrected chi connectivity index (χ2v) is 16.8. The van der Waals surface area contributed by atoms with E-state index in [0.29, 0.717) is 35.1 Å².